The maximum Gasteiger partial charge on any atom is 0.414 e. The van der Waals surface area contributed by atoms with Crippen molar-refractivity contribution in [2.24, 2.45) is 0 Å². The molecular weight excluding hydrogens is 413 g/mol. The van der Waals surface area contributed by atoms with E-state index in [1.54, 1.807) is 18.3 Å². The minimum atomic E-state index is -2.98. The molecule has 4 rings (SSSR count). The van der Waals surface area contributed by atoms with Crippen LogP contribution in [0.15, 0.2) is 30.5 Å². The fourth-order valence-electron chi connectivity index (χ4n) is 3.70. The number of anilines is 2. The van der Waals surface area contributed by atoms with Crippen LogP contribution in [-0.2, 0) is 14.6 Å². The highest BCUT2D eigenvalue weighted by atomic mass is 32.2. The fraction of sp³-hybridized carbons (Fsp3) is 0.400. The molecule has 160 valence electrons. The summed E-state index contributed by atoms with van der Waals surface area (Å²) in [7, 11) is -2.98. The predicted molar refractivity (Wildman–Crippen MR) is 110 cm³/mol. The predicted octanol–water partition coefficient (Wildman–Crippen LogP) is 1.75. The standard InChI is InChI=1S/C20H22FN3O5S/c1-13-8-14(10-22-19(13)23-4-6-30(27,28)7-5-23)17-3-2-15(9-18(17)21)24-11-16(12-25)29-20(24)26/h2-3,8-10,16,25H,4-7,11-12H2,1H3/t16-/m1/s1. The number of benzene rings is 1. The number of aliphatic hydroxyl groups excluding tert-OH is 1. The summed E-state index contributed by atoms with van der Waals surface area (Å²) in [6, 6.07) is 6.27. The van der Waals surface area contributed by atoms with Crippen LogP contribution in [-0.4, -0.2) is 68.5 Å². The lowest BCUT2D eigenvalue weighted by Crippen LogP contribution is -2.41. The molecule has 0 aliphatic carbocycles. The third kappa shape index (κ3) is 3.97. The Bertz CT molecular complexity index is 1080. The second-order valence-electron chi connectivity index (χ2n) is 7.47. The molecule has 2 aliphatic heterocycles. The van der Waals surface area contributed by atoms with Gasteiger partial charge >= 0.3 is 6.09 Å². The summed E-state index contributed by atoms with van der Waals surface area (Å²) in [5, 5.41) is 9.15. The highest BCUT2D eigenvalue weighted by molar-refractivity contribution is 7.91. The summed E-state index contributed by atoms with van der Waals surface area (Å²) in [6.45, 7) is 2.51. The first-order valence-corrected chi connectivity index (χ1v) is 11.4. The average Bonchev–Trinajstić information content (AvgIpc) is 3.09. The number of halogens is 1. The van der Waals surface area contributed by atoms with E-state index < -0.39 is 27.9 Å². The van der Waals surface area contributed by atoms with Crippen molar-refractivity contribution < 1.29 is 27.4 Å². The molecule has 1 N–H and O–H groups in total. The number of amides is 1. The molecule has 0 radical (unpaired) electrons. The molecule has 0 bridgehead atoms. The minimum Gasteiger partial charge on any atom is -0.441 e. The second-order valence-corrected chi connectivity index (χ2v) is 9.77. The van der Waals surface area contributed by atoms with Crippen LogP contribution in [0.1, 0.15) is 5.56 Å². The Labute approximate surface area is 173 Å². The van der Waals surface area contributed by atoms with Gasteiger partial charge in [-0.3, -0.25) is 4.90 Å². The van der Waals surface area contributed by atoms with Crippen LogP contribution < -0.4 is 9.80 Å². The molecule has 10 heteroatoms. The largest absolute Gasteiger partial charge is 0.441 e. The van der Waals surface area contributed by atoms with Gasteiger partial charge in [0.2, 0.25) is 0 Å². The summed E-state index contributed by atoms with van der Waals surface area (Å²) >= 11 is 0. The lowest BCUT2D eigenvalue weighted by atomic mass is 10.0. The number of hydrogen-bond acceptors (Lipinski definition) is 7. The van der Waals surface area contributed by atoms with Gasteiger partial charge in [-0.2, -0.15) is 0 Å². The van der Waals surface area contributed by atoms with Crippen molar-refractivity contribution in [3.05, 3.63) is 41.8 Å². The minimum absolute atomic E-state index is 0.0992. The monoisotopic (exact) mass is 435 g/mol. The molecule has 0 unspecified atom stereocenters. The maximum absolute atomic E-state index is 14.8. The van der Waals surface area contributed by atoms with E-state index in [4.69, 9.17) is 9.84 Å². The van der Waals surface area contributed by atoms with Crippen molar-refractivity contribution >= 4 is 27.4 Å². The Balaban J connectivity index is 1.56. The van der Waals surface area contributed by atoms with Crippen molar-refractivity contribution in [3.8, 4) is 11.1 Å². The zero-order valence-electron chi connectivity index (χ0n) is 16.4. The summed E-state index contributed by atoms with van der Waals surface area (Å²) in [6.07, 6.45) is 0.325. The molecule has 1 atom stereocenters. The number of nitrogens with zero attached hydrogens (tertiary/aromatic N) is 3. The number of ether oxygens (including phenoxy) is 1. The summed E-state index contributed by atoms with van der Waals surface area (Å²) in [4.78, 5) is 19.6. The van der Waals surface area contributed by atoms with Crippen LogP contribution in [0, 0.1) is 12.7 Å². The lowest BCUT2D eigenvalue weighted by Gasteiger charge is -2.29. The van der Waals surface area contributed by atoms with Crippen molar-refractivity contribution in [3.63, 3.8) is 0 Å². The van der Waals surface area contributed by atoms with Crippen molar-refractivity contribution in [1.29, 1.82) is 0 Å². The molecule has 0 spiro atoms. The second kappa shape index (κ2) is 7.84. The van der Waals surface area contributed by atoms with Crippen LogP contribution in [0.2, 0.25) is 0 Å². The fourth-order valence-corrected chi connectivity index (χ4v) is 4.90. The van der Waals surface area contributed by atoms with Crippen LogP contribution in [0.3, 0.4) is 0 Å². The Kier molecular flexibility index (Phi) is 5.37. The van der Waals surface area contributed by atoms with Gasteiger partial charge in [0.25, 0.3) is 0 Å². The Hall–Kier alpha value is -2.72. The van der Waals surface area contributed by atoms with Gasteiger partial charge in [-0.1, -0.05) is 0 Å². The third-order valence-corrected chi connectivity index (χ3v) is 6.96. The van der Waals surface area contributed by atoms with Crippen molar-refractivity contribution in [1.82, 2.24) is 4.98 Å². The molecule has 2 saturated heterocycles. The van der Waals surface area contributed by atoms with Gasteiger partial charge in [0.15, 0.2) is 9.84 Å². The van der Waals surface area contributed by atoms with Crippen LogP contribution in [0.5, 0.6) is 0 Å². The number of hydrogen-bond donors (Lipinski definition) is 1. The lowest BCUT2D eigenvalue weighted by molar-refractivity contribution is 0.0963. The molecule has 1 aromatic carbocycles. The zero-order valence-corrected chi connectivity index (χ0v) is 17.2. The third-order valence-electron chi connectivity index (χ3n) is 5.35. The molecule has 1 amide bonds. The van der Waals surface area contributed by atoms with Gasteiger partial charge in [0.1, 0.15) is 17.7 Å². The number of aliphatic hydroxyl groups is 1. The molecule has 2 fully saturated rings. The van der Waals surface area contributed by atoms with E-state index in [0.717, 1.165) is 5.56 Å². The Morgan fingerprint density at radius 1 is 1.27 bits per heavy atom. The van der Waals surface area contributed by atoms with Gasteiger partial charge < -0.3 is 14.7 Å². The van der Waals surface area contributed by atoms with Gasteiger partial charge in [0.05, 0.1) is 30.3 Å². The number of aryl methyl sites for hydroxylation is 1. The van der Waals surface area contributed by atoms with Crippen LogP contribution >= 0.6 is 0 Å². The van der Waals surface area contributed by atoms with E-state index in [-0.39, 0.29) is 24.7 Å². The van der Waals surface area contributed by atoms with Crippen molar-refractivity contribution in [2.75, 3.05) is 47.5 Å². The number of pyridine rings is 1. The summed E-state index contributed by atoms with van der Waals surface area (Å²) in [5.41, 5.74) is 2.10. The van der Waals surface area contributed by atoms with Gasteiger partial charge in [-0.05, 0) is 36.8 Å². The number of rotatable bonds is 4. The Morgan fingerprint density at radius 3 is 2.60 bits per heavy atom. The van der Waals surface area contributed by atoms with Gasteiger partial charge in [0, 0.05) is 30.4 Å². The van der Waals surface area contributed by atoms with E-state index >= 15 is 0 Å². The van der Waals surface area contributed by atoms with Gasteiger partial charge in [-0.15, -0.1) is 0 Å². The number of cyclic esters (lactones) is 1. The number of carbonyl (C=O) groups excluding carboxylic acids is 1. The first-order chi connectivity index (χ1) is 14.3. The quantitative estimate of drug-likeness (QED) is 0.781. The first kappa shape index (κ1) is 20.5. The zero-order chi connectivity index (χ0) is 21.5. The summed E-state index contributed by atoms with van der Waals surface area (Å²) < 4.78 is 43.1. The van der Waals surface area contributed by atoms with E-state index in [2.05, 4.69) is 4.98 Å². The van der Waals surface area contributed by atoms with Crippen LogP contribution in [0.25, 0.3) is 11.1 Å². The van der Waals surface area contributed by atoms with Crippen LogP contribution in [0.4, 0.5) is 20.7 Å². The number of carbonyl (C=O) groups is 1. The number of aromatic nitrogens is 1. The smallest absolute Gasteiger partial charge is 0.414 e. The first-order valence-electron chi connectivity index (χ1n) is 9.58. The highest BCUT2D eigenvalue weighted by Gasteiger charge is 2.32. The molecule has 1 aromatic heterocycles. The molecule has 8 nitrogen and oxygen atoms in total. The summed E-state index contributed by atoms with van der Waals surface area (Å²) in [5.74, 6) is 0.385. The molecule has 2 aromatic rings. The molecule has 2 aliphatic rings. The average molecular weight is 435 g/mol. The Morgan fingerprint density at radius 2 is 2.00 bits per heavy atom. The topological polar surface area (TPSA) is 100 Å². The van der Waals surface area contributed by atoms with E-state index in [9.17, 15) is 17.6 Å². The van der Waals surface area contributed by atoms with Crippen molar-refractivity contribution in [2.45, 2.75) is 13.0 Å². The van der Waals surface area contributed by atoms with E-state index in [0.29, 0.717) is 35.7 Å². The maximum atomic E-state index is 14.8. The van der Waals surface area contributed by atoms with Gasteiger partial charge in [-0.25, -0.2) is 22.6 Å². The molecule has 30 heavy (non-hydrogen) atoms. The highest BCUT2D eigenvalue weighted by Crippen LogP contribution is 2.31. The molecule has 0 saturated carbocycles. The normalized spacial score (nSPS) is 21.0. The van der Waals surface area contributed by atoms with E-state index in [1.807, 2.05) is 17.9 Å². The molecule has 3 heterocycles. The van der Waals surface area contributed by atoms with E-state index in [1.165, 1.54) is 11.0 Å². The molecular formula is C20H22FN3O5S. The number of sulfone groups is 1. The SMILES string of the molecule is Cc1cc(-c2ccc(N3C[C@H](CO)OC3=O)cc2F)cnc1N1CCS(=O)(=O)CC1.